The van der Waals surface area contributed by atoms with Gasteiger partial charge in [0.25, 0.3) is 5.91 Å². The van der Waals surface area contributed by atoms with E-state index in [1.54, 1.807) is 62.7 Å². The Hall–Kier alpha value is -3.84. The van der Waals surface area contributed by atoms with Crippen LogP contribution in [0.3, 0.4) is 0 Å². The zero-order valence-electron chi connectivity index (χ0n) is 19.0. The second-order valence-electron chi connectivity index (χ2n) is 7.65. The first kappa shape index (κ1) is 24.8. The molecule has 0 aliphatic rings. The molecule has 34 heavy (non-hydrogen) atoms. The predicted molar refractivity (Wildman–Crippen MR) is 132 cm³/mol. The van der Waals surface area contributed by atoms with Crippen LogP contribution in [-0.4, -0.2) is 43.3 Å². The molecule has 2 N–H and O–H groups in total. The van der Waals surface area contributed by atoms with Crippen molar-refractivity contribution >= 4 is 35.0 Å². The van der Waals surface area contributed by atoms with Gasteiger partial charge in [0.15, 0.2) is 0 Å². The van der Waals surface area contributed by atoms with Gasteiger partial charge in [0.1, 0.15) is 5.75 Å². The molecular formula is C26H26ClN3O4. The molecule has 0 aromatic heterocycles. The summed E-state index contributed by atoms with van der Waals surface area (Å²) in [7, 11) is 3.11. The van der Waals surface area contributed by atoms with Gasteiger partial charge in [-0.1, -0.05) is 54.1 Å². The van der Waals surface area contributed by atoms with Gasteiger partial charge < -0.3 is 20.3 Å². The Morgan fingerprint density at radius 1 is 0.941 bits per heavy atom. The number of nitrogens with zero attached hydrogens (tertiary/aromatic N) is 1. The lowest BCUT2D eigenvalue weighted by atomic mass is 10.0. The number of hydrogen-bond donors (Lipinski definition) is 2. The van der Waals surface area contributed by atoms with E-state index in [-0.39, 0.29) is 30.7 Å². The number of hydrogen-bond acceptors (Lipinski definition) is 4. The number of nitrogens with one attached hydrogen (secondary N) is 2. The molecule has 0 bridgehead atoms. The Morgan fingerprint density at radius 2 is 1.59 bits per heavy atom. The summed E-state index contributed by atoms with van der Waals surface area (Å²) < 4.78 is 5.10. The van der Waals surface area contributed by atoms with E-state index in [0.29, 0.717) is 22.0 Å². The van der Waals surface area contributed by atoms with Gasteiger partial charge in [-0.15, -0.1) is 0 Å². The summed E-state index contributed by atoms with van der Waals surface area (Å²) in [6.45, 7) is -0.134. The fourth-order valence-corrected chi connectivity index (χ4v) is 3.55. The molecule has 0 spiro atoms. The molecule has 3 aromatic carbocycles. The van der Waals surface area contributed by atoms with Gasteiger partial charge in [0.2, 0.25) is 11.8 Å². The highest BCUT2D eigenvalue weighted by Crippen LogP contribution is 2.21. The Morgan fingerprint density at radius 3 is 2.24 bits per heavy atom. The van der Waals surface area contributed by atoms with Crippen LogP contribution in [0.4, 0.5) is 5.69 Å². The second-order valence-corrected chi connectivity index (χ2v) is 8.05. The molecule has 0 aliphatic carbocycles. The molecule has 0 fully saturated rings. The van der Waals surface area contributed by atoms with E-state index in [1.165, 1.54) is 4.90 Å². The second kappa shape index (κ2) is 11.9. The third-order valence-corrected chi connectivity index (χ3v) is 5.51. The molecule has 0 radical (unpaired) electrons. The molecule has 1 atom stereocenters. The molecular weight excluding hydrogens is 454 g/mol. The lowest BCUT2D eigenvalue weighted by molar-refractivity contribution is -0.133. The largest absolute Gasteiger partial charge is 0.497 e. The van der Waals surface area contributed by atoms with Gasteiger partial charge in [0, 0.05) is 12.7 Å². The number of halogens is 1. The first-order valence-corrected chi connectivity index (χ1v) is 11.0. The van der Waals surface area contributed by atoms with Crippen molar-refractivity contribution in [3.05, 3.63) is 95.0 Å². The van der Waals surface area contributed by atoms with Crippen LogP contribution in [-0.2, 0) is 9.59 Å². The Labute approximate surface area is 203 Å². The van der Waals surface area contributed by atoms with Crippen LogP contribution in [0.5, 0.6) is 5.75 Å². The first-order chi connectivity index (χ1) is 16.4. The number of amides is 3. The smallest absolute Gasteiger partial charge is 0.253 e. The third-order valence-electron chi connectivity index (χ3n) is 5.18. The van der Waals surface area contributed by atoms with Crippen molar-refractivity contribution in [3.63, 3.8) is 0 Å². The van der Waals surface area contributed by atoms with Crippen LogP contribution in [0.15, 0.2) is 78.9 Å². The average molecular weight is 480 g/mol. The van der Waals surface area contributed by atoms with Crippen molar-refractivity contribution in [2.45, 2.75) is 12.5 Å². The van der Waals surface area contributed by atoms with E-state index in [4.69, 9.17) is 16.3 Å². The van der Waals surface area contributed by atoms with Gasteiger partial charge in [-0.2, -0.15) is 0 Å². The minimum atomic E-state index is -0.593. The first-order valence-electron chi connectivity index (χ1n) is 10.7. The van der Waals surface area contributed by atoms with Crippen LogP contribution in [0.1, 0.15) is 28.4 Å². The van der Waals surface area contributed by atoms with Crippen LogP contribution in [0.25, 0.3) is 0 Å². The predicted octanol–water partition coefficient (Wildman–Crippen LogP) is 4.31. The van der Waals surface area contributed by atoms with E-state index in [9.17, 15) is 14.4 Å². The standard InChI is InChI=1S/C26H26ClN3O4/c1-30(17-24(31)28-19-12-14-20(34-2)15-13-19)25(32)16-23(18-8-4-3-5-9-18)29-26(33)21-10-6-7-11-22(21)27/h3-15,23H,16-17H2,1-2H3,(H,28,31)(H,29,33)/t23-/m1/s1. The quantitative estimate of drug-likeness (QED) is 0.479. The van der Waals surface area contributed by atoms with Gasteiger partial charge in [0.05, 0.1) is 36.7 Å². The van der Waals surface area contributed by atoms with Crippen molar-refractivity contribution < 1.29 is 19.1 Å². The highest BCUT2D eigenvalue weighted by atomic mass is 35.5. The number of carbonyl (C=O) groups excluding carboxylic acids is 3. The summed E-state index contributed by atoms with van der Waals surface area (Å²) in [6, 6.07) is 22.2. The van der Waals surface area contributed by atoms with Crippen molar-refractivity contribution in [3.8, 4) is 5.75 Å². The topological polar surface area (TPSA) is 87.7 Å². The summed E-state index contributed by atoms with van der Waals surface area (Å²) in [5.74, 6) is -0.334. The van der Waals surface area contributed by atoms with Crippen LogP contribution >= 0.6 is 11.6 Å². The number of carbonyl (C=O) groups is 3. The van der Waals surface area contributed by atoms with Crippen molar-refractivity contribution in [2.24, 2.45) is 0 Å². The number of benzene rings is 3. The summed E-state index contributed by atoms with van der Waals surface area (Å²) in [5.41, 5.74) is 1.69. The SMILES string of the molecule is COc1ccc(NC(=O)CN(C)C(=O)C[C@@H](NC(=O)c2ccccc2Cl)c2ccccc2)cc1. The maximum atomic E-state index is 12.9. The van der Waals surface area contributed by atoms with E-state index in [2.05, 4.69) is 10.6 Å². The van der Waals surface area contributed by atoms with E-state index < -0.39 is 6.04 Å². The maximum absolute atomic E-state index is 12.9. The number of likely N-dealkylation sites (N-methyl/N-ethyl adjacent to an activating group) is 1. The zero-order chi connectivity index (χ0) is 24.5. The lowest BCUT2D eigenvalue weighted by Gasteiger charge is -2.23. The van der Waals surface area contributed by atoms with E-state index >= 15 is 0 Å². The summed E-state index contributed by atoms with van der Waals surface area (Å²) in [5, 5.41) is 5.97. The molecule has 3 aromatic rings. The molecule has 0 heterocycles. The molecule has 7 nitrogen and oxygen atoms in total. The highest BCUT2D eigenvalue weighted by molar-refractivity contribution is 6.33. The van der Waals surface area contributed by atoms with Gasteiger partial charge in [-0.25, -0.2) is 0 Å². The third kappa shape index (κ3) is 6.83. The summed E-state index contributed by atoms with van der Waals surface area (Å²) in [6.07, 6.45) is -0.0213. The van der Waals surface area contributed by atoms with Crippen LogP contribution in [0, 0.1) is 0 Å². The highest BCUT2D eigenvalue weighted by Gasteiger charge is 2.23. The normalized spacial score (nSPS) is 11.3. The molecule has 3 rings (SSSR count). The average Bonchev–Trinajstić information content (AvgIpc) is 2.84. The number of rotatable bonds is 9. The van der Waals surface area contributed by atoms with Crippen molar-refractivity contribution in [2.75, 3.05) is 26.0 Å². The van der Waals surface area contributed by atoms with Gasteiger partial charge in [-0.3, -0.25) is 14.4 Å². The molecule has 0 aliphatic heterocycles. The van der Waals surface area contributed by atoms with E-state index in [0.717, 1.165) is 5.56 Å². The fraction of sp³-hybridized carbons (Fsp3) is 0.192. The molecule has 0 unspecified atom stereocenters. The monoisotopic (exact) mass is 479 g/mol. The Kier molecular flexibility index (Phi) is 8.65. The number of anilines is 1. The number of ether oxygens (including phenoxy) is 1. The van der Waals surface area contributed by atoms with E-state index in [1.807, 2.05) is 30.3 Å². The summed E-state index contributed by atoms with van der Waals surface area (Å²) >= 11 is 6.16. The van der Waals surface area contributed by atoms with Crippen LogP contribution < -0.4 is 15.4 Å². The van der Waals surface area contributed by atoms with Gasteiger partial charge in [-0.05, 0) is 42.0 Å². The molecule has 3 amide bonds. The fourth-order valence-electron chi connectivity index (χ4n) is 3.33. The molecule has 0 saturated heterocycles. The van der Waals surface area contributed by atoms with Crippen molar-refractivity contribution in [1.82, 2.24) is 10.2 Å². The molecule has 0 saturated carbocycles. The summed E-state index contributed by atoms with van der Waals surface area (Å²) in [4.78, 5) is 39.5. The van der Waals surface area contributed by atoms with Gasteiger partial charge >= 0.3 is 0 Å². The molecule has 8 heteroatoms. The lowest BCUT2D eigenvalue weighted by Crippen LogP contribution is -2.38. The maximum Gasteiger partial charge on any atom is 0.253 e. The Balaban J connectivity index is 1.65. The Bertz CT molecular complexity index is 1140. The van der Waals surface area contributed by atoms with Crippen LogP contribution in [0.2, 0.25) is 5.02 Å². The van der Waals surface area contributed by atoms with Crippen molar-refractivity contribution in [1.29, 1.82) is 0 Å². The minimum absolute atomic E-state index is 0.0213. The molecule has 176 valence electrons. The number of methoxy groups -OCH3 is 1. The minimum Gasteiger partial charge on any atom is -0.497 e. The zero-order valence-corrected chi connectivity index (χ0v) is 19.7.